The van der Waals surface area contributed by atoms with Crippen LogP contribution in [0.5, 0.6) is 0 Å². The molecule has 2 aromatic heterocycles. The number of hydrogen-bond acceptors (Lipinski definition) is 7. The fourth-order valence-corrected chi connectivity index (χ4v) is 3.71. The molecule has 0 saturated heterocycles. The average molecular weight is 464 g/mol. The van der Waals surface area contributed by atoms with E-state index in [9.17, 15) is 9.59 Å². The minimum Gasteiger partial charge on any atom is -0.467 e. The second kappa shape index (κ2) is 11.5. The van der Waals surface area contributed by atoms with Crippen molar-refractivity contribution in [2.75, 3.05) is 19.5 Å². The number of hydrogen-bond donors (Lipinski definition) is 2. The molecular formula is C20H22ClN5O4S. The average Bonchev–Trinajstić information content (AvgIpc) is 3.41. The van der Waals surface area contributed by atoms with Gasteiger partial charge in [0.25, 0.3) is 0 Å². The van der Waals surface area contributed by atoms with Gasteiger partial charge in [0.15, 0.2) is 11.0 Å². The lowest BCUT2D eigenvalue weighted by Gasteiger charge is -2.11. The molecule has 0 aliphatic carbocycles. The van der Waals surface area contributed by atoms with Gasteiger partial charge in [-0.2, -0.15) is 0 Å². The molecule has 1 aromatic carbocycles. The van der Waals surface area contributed by atoms with Crippen molar-refractivity contribution in [3.05, 3.63) is 53.4 Å². The van der Waals surface area contributed by atoms with Crippen LogP contribution in [0, 0.1) is 0 Å². The summed E-state index contributed by atoms with van der Waals surface area (Å²) >= 11 is 7.51. The number of amides is 3. The SMILES string of the molecule is COCCCn1c(SCC(=O)NC(=O)NCc2ccco2)nnc1-c1ccccc1Cl. The first kappa shape index (κ1) is 22.9. The van der Waals surface area contributed by atoms with E-state index < -0.39 is 11.9 Å². The molecule has 9 nitrogen and oxygen atoms in total. The molecule has 0 aliphatic heterocycles. The molecule has 0 radical (unpaired) electrons. The molecule has 0 atom stereocenters. The molecule has 2 heterocycles. The summed E-state index contributed by atoms with van der Waals surface area (Å²) in [5.74, 6) is 0.751. The van der Waals surface area contributed by atoms with Crippen molar-refractivity contribution in [2.24, 2.45) is 0 Å². The van der Waals surface area contributed by atoms with Crippen LogP contribution in [0.25, 0.3) is 11.4 Å². The van der Waals surface area contributed by atoms with E-state index >= 15 is 0 Å². The number of carbonyl (C=O) groups excluding carboxylic acids is 2. The number of carbonyl (C=O) groups is 2. The van der Waals surface area contributed by atoms with Crippen LogP contribution >= 0.6 is 23.4 Å². The Morgan fingerprint density at radius 3 is 2.81 bits per heavy atom. The maximum absolute atomic E-state index is 12.2. The minimum absolute atomic E-state index is 0.000888. The molecule has 31 heavy (non-hydrogen) atoms. The summed E-state index contributed by atoms with van der Waals surface area (Å²) in [6, 6.07) is 10.2. The van der Waals surface area contributed by atoms with Crippen LogP contribution in [0.15, 0.2) is 52.2 Å². The van der Waals surface area contributed by atoms with Gasteiger partial charge in [-0.3, -0.25) is 10.1 Å². The third-order valence-corrected chi connectivity index (χ3v) is 5.45. The summed E-state index contributed by atoms with van der Waals surface area (Å²) in [4.78, 5) is 24.0. The molecule has 3 rings (SSSR count). The van der Waals surface area contributed by atoms with Crippen LogP contribution in [0.1, 0.15) is 12.2 Å². The largest absolute Gasteiger partial charge is 0.467 e. The fourth-order valence-electron chi connectivity index (χ4n) is 2.72. The number of urea groups is 1. The van der Waals surface area contributed by atoms with E-state index in [0.717, 1.165) is 12.0 Å². The highest BCUT2D eigenvalue weighted by Crippen LogP contribution is 2.29. The number of imide groups is 1. The number of thioether (sulfide) groups is 1. The van der Waals surface area contributed by atoms with Crippen LogP contribution < -0.4 is 10.6 Å². The lowest BCUT2D eigenvalue weighted by Crippen LogP contribution is -2.39. The number of nitrogens with one attached hydrogen (secondary N) is 2. The minimum atomic E-state index is -0.597. The van der Waals surface area contributed by atoms with Gasteiger partial charge < -0.3 is 19.0 Å². The summed E-state index contributed by atoms with van der Waals surface area (Å²) in [5.41, 5.74) is 0.752. The lowest BCUT2D eigenvalue weighted by atomic mass is 10.2. The second-order valence-electron chi connectivity index (χ2n) is 6.38. The Hall–Kier alpha value is -2.82. The molecule has 0 aliphatic rings. The number of halogens is 1. The van der Waals surface area contributed by atoms with Crippen LogP contribution in [0.4, 0.5) is 4.79 Å². The smallest absolute Gasteiger partial charge is 0.321 e. The van der Waals surface area contributed by atoms with Gasteiger partial charge in [-0.05, 0) is 30.7 Å². The first-order chi connectivity index (χ1) is 15.1. The van der Waals surface area contributed by atoms with E-state index in [1.807, 2.05) is 22.8 Å². The Morgan fingerprint density at radius 2 is 2.06 bits per heavy atom. The standard InChI is InChI=1S/C20H22ClN5O4S/c1-29-10-5-9-26-18(15-7-2-3-8-16(15)21)24-25-20(26)31-13-17(27)23-19(28)22-12-14-6-4-11-30-14/h2-4,6-8,11H,5,9-10,12-13H2,1H3,(H2,22,23,27,28). The molecule has 3 aromatic rings. The molecule has 0 unspecified atom stereocenters. The van der Waals surface area contributed by atoms with Crippen LogP contribution in [0.3, 0.4) is 0 Å². The van der Waals surface area contributed by atoms with Gasteiger partial charge in [0.05, 0.1) is 23.6 Å². The molecule has 0 spiro atoms. The summed E-state index contributed by atoms with van der Waals surface area (Å²) in [6.07, 6.45) is 2.25. The maximum Gasteiger partial charge on any atom is 0.321 e. The van der Waals surface area contributed by atoms with Gasteiger partial charge in [-0.25, -0.2) is 4.79 Å². The van der Waals surface area contributed by atoms with Crippen molar-refractivity contribution in [1.82, 2.24) is 25.4 Å². The quantitative estimate of drug-likeness (QED) is 0.350. The Balaban J connectivity index is 1.61. The van der Waals surface area contributed by atoms with Crippen LogP contribution in [-0.4, -0.2) is 46.2 Å². The number of aromatic nitrogens is 3. The molecule has 2 N–H and O–H groups in total. The predicted octanol–water partition coefficient (Wildman–Crippen LogP) is 3.35. The predicted molar refractivity (Wildman–Crippen MR) is 117 cm³/mol. The molecule has 3 amide bonds. The van der Waals surface area contributed by atoms with Gasteiger partial charge in [0.2, 0.25) is 5.91 Å². The highest BCUT2D eigenvalue weighted by molar-refractivity contribution is 7.99. The van der Waals surface area contributed by atoms with Crippen molar-refractivity contribution in [2.45, 2.75) is 24.7 Å². The number of methoxy groups -OCH3 is 1. The molecule has 0 saturated carbocycles. The zero-order valence-corrected chi connectivity index (χ0v) is 18.4. The summed E-state index contributed by atoms with van der Waals surface area (Å²) < 4.78 is 12.2. The molecule has 11 heteroatoms. The third kappa shape index (κ3) is 6.58. The number of nitrogens with zero attached hydrogens (tertiary/aromatic N) is 3. The summed E-state index contributed by atoms with van der Waals surface area (Å²) in [6.45, 7) is 1.35. The zero-order valence-electron chi connectivity index (χ0n) is 16.8. The van der Waals surface area contributed by atoms with Gasteiger partial charge in [-0.15, -0.1) is 10.2 Å². The first-order valence-corrected chi connectivity index (χ1v) is 10.8. The Kier molecular flexibility index (Phi) is 8.51. The third-order valence-electron chi connectivity index (χ3n) is 4.15. The van der Waals surface area contributed by atoms with Gasteiger partial charge in [0.1, 0.15) is 5.76 Å². The summed E-state index contributed by atoms with van der Waals surface area (Å²) in [5, 5.41) is 14.4. The number of benzene rings is 1. The Morgan fingerprint density at radius 1 is 1.23 bits per heavy atom. The fraction of sp³-hybridized carbons (Fsp3) is 0.300. The Bertz CT molecular complexity index is 1010. The van der Waals surface area contributed by atoms with E-state index in [0.29, 0.717) is 34.9 Å². The van der Waals surface area contributed by atoms with E-state index in [4.69, 9.17) is 20.8 Å². The highest BCUT2D eigenvalue weighted by atomic mass is 35.5. The monoisotopic (exact) mass is 463 g/mol. The van der Waals surface area contributed by atoms with Gasteiger partial charge in [-0.1, -0.05) is 35.5 Å². The van der Waals surface area contributed by atoms with Crippen molar-refractivity contribution >= 4 is 35.3 Å². The lowest BCUT2D eigenvalue weighted by molar-refractivity contribution is -0.117. The maximum atomic E-state index is 12.2. The number of rotatable bonds is 10. The van der Waals surface area contributed by atoms with E-state index in [-0.39, 0.29) is 12.3 Å². The number of ether oxygens (including phenoxy) is 1. The number of furan rings is 1. The van der Waals surface area contributed by atoms with E-state index in [1.54, 1.807) is 25.3 Å². The van der Waals surface area contributed by atoms with E-state index in [1.165, 1.54) is 18.0 Å². The van der Waals surface area contributed by atoms with E-state index in [2.05, 4.69) is 20.8 Å². The van der Waals surface area contributed by atoms with Crippen molar-refractivity contribution in [3.63, 3.8) is 0 Å². The van der Waals surface area contributed by atoms with Gasteiger partial charge >= 0.3 is 6.03 Å². The second-order valence-corrected chi connectivity index (χ2v) is 7.73. The molecule has 164 valence electrons. The topological polar surface area (TPSA) is 111 Å². The van der Waals surface area contributed by atoms with Crippen molar-refractivity contribution in [3.8, 4) is 11.4 Å². The van der Waals surface area contributed by atoms with Crippen LogP contribution in [0.2, 0.25) is 5.02 Å². The van der Waals surface area contributed by atoms with Crippen molar-refractivity contribution in [1.29, 1.82) is 0 Å². The van der Waals surface area contributed by atoms with Gasteiger partial charge in [0, 0.05) is 25.8 Å². The van der Waals surface area contributed by atoms with Crippen molar-refractivity contribution < 1.29 is 18.7 Å². The molecular weight excluding hydrogens is 442 g/mol. The molecule has 0 bridgehead atoms. The normalized spacial score (nSPS) is 10.8. The highest BCUT2D eigenvalue weighted by Gasteiger charge is 2.18. The summed E-state index contributed by atoms with van der Waals surface area (Å²) in [7, 11) is 1.64. The van der Waals surface area contributed by atoms with Crippen LogP contribution in [-0.2, 0) is 22.6 Å². The first-order valence-electron chi connectivity index (χ1n) is 9.48. The Labute approximate surface area is 188 Å². The zero-order chi connectivity index (χ0) is 22.1. The molecule has 0 fully saturated rings.